The Labute approximate surface area is 105 Å². The minimum atomic E-state index is -2.85. The molecule has 0 aromatic carbocycles. The summed E-state index contributed by atoms with van der Waals surface area (Å²) in [5, 5.41) is 3.42. The minimum Gasteiger partial charge on any atom is -0.316 e. The summed E-state index contributed by atoms with van der Waals surface area (Å²) in [4.78, 5) is 0. The second kappa shape index (κ2) is 4.54. The molecule has 0 aromatic heterocycles. The summed E-state index contributed by atoms with van der Waals surface area (Å²) in [7, 11) is -2.85. The average molecular weight is 259 g/mol. The molecular formula is C13H25NO2S. The maximum Gasteiger partial charge on any atom is 0.150 e. The molecule has 3 atom stereocenters. The van der Waals surface area contributed by atoms with Crippen LogP contribution in [0, 0.1) is 17.3 Å². The average Bonchev–Trinajstić information content (AvgIpc) is 2.67. The molecule has 0 aliphatic heterocycles. The van der Waals surface area contributed by atoms with Gasteiger partial charge in [0.05, 0.1) is 5.25 Å². The number of hydrogen-bond acceptors (Lipinski definition) is 3. The van der Waals surface area contributed by atoms with Gasteiger partial charge in [0, 0.05) is 6.26 Å². The molecule has 0 aromatic rings. The summed E-state index contributed by atoms with van der Waals surface area (Å²) in [6.07, 6.45) is 5.65. The maximum atomic E-state index is 11.8. The van der Waals surface area contributed by atoms with E-state index < -0.39 is 9.84 Å². The molecule has 4 heteroatoms. The van der Waals surface area contributed by atoms with E-state index in [1.54, 1.807) is 0 Å². The second-order valence-corrected chi connectivity index (χ2v) is 8.62. The zero-order valence-electron chi connectivity index (χ0n) is 11.2. The zero-order valence-corrected chi connectivity index (χ0v) is 12.0. The summed E-state index contributed by atoms with van der Waals surface area (Å²) in [6, 6.07) is 0. The van der Waals surface area contributed by atoms with E-state index in [0.717, 1.165) is 38.8 Å². The lowest BCUT2D eigenvalue weighted by Crippen LogP contribution is -2.30. The third kappa shape index (κ3) is 2.68. The molecule has 0 heterocycles. The van der Waals surface area contributed by atoms with Crippen molar-refractivity contribution in [2.45, 2.75) is 44.8 Å². The molecule has 0 radical (unpaired) electrons. The van der Waals surface area contributed by atoms with E-state index in [0.29, 0.717) is 11.8 Å². The molecule has 17 heavy (non-hydrogen) atoms. The van der Waals surface area contributed by atoms with Crippen molar-refractivity contribution >= 4 is 9.84 Å². The largest absolute Gasteiger partial charge is 0.316 e. The van der Waals surface area contributed by atoms with Gasteiger partial charge in [-0.1, -0.05) is 20.3 Å². The van der Waals surface area contributed by atoms with Gasteiger partial charge in [-0.05, 0) is 49.6 Å². The lowest BCUT2D eigenvalue weighted by Gasteiger charge is -2.19. The fraction of sp³-hybridized carbons (Fsp3) is 1.00. The van der Waals surface area contributed by atoms with Gasteiger partial charge in [-0.3, -0.25) is 0 Å². The first-order chi connectivity index (χ1) is 7.86. The van der Waals surface area contributed by atoms with Crippen LogP contribution in [0.4, 0.5) is 0 Å². The second-order valence-electron chi connectivity index (χ2n) is 6.40. The van der Waals surface area contributed by atoms with Crippen LogP contribution < -0.4 is 5.32 Å². The topological polar surface area (TPSA) is 46.2 Å². The summed E-state index contributed by atoms with van der Waals surface area (Å²) in [5.74, 6) is 1.27. The maximum absolute atomic E-state index is 11.8. The normalized spacial score (nSPS) is 36.9. The first kappa shape index (κ1) is 13.3. The van der Waals surface area contributed by atoms with Gasteiger partial charge in [0.25, 0.3) is 0 Å². The fourth-order valence-electron chi connectivity index (χ4n) is 3.63. The van der Waals surface area contributed by atoms with E-state index in [9.17, 15) is 8.42 Å². The van der Waals surface area contributed by atoms with Gasteiger partial charge in [0.15, 0.2) is 9.84 Å². The first-order valence-corrected chi connectivity index (χ1v) is 8.71. The van der Waals surface area contributed by atoms with Crippen LogP contribution in [0.25, 0.3) is 0 Å². The van der Waals surface area contributed by atoms with Crippen LogP contribution in [0.15, 0.2) is 0 Å². The van der Waals surface area contributed by atoms with Crippen molar-refractivity contribution in [2.75, 3.05) is 19.3 Å². The van der Waals surface area contributed by atoms with Crippen LogP contribution in [0.3, 0.4) is 0 Å². The highest BCUT2D eigenvalue weighted by molar-refractivity contribution is 7.91. The van der Waals surface area contributed by atoms with E-state index in [-0.39, 0.29) is 10.7 Å². The van der Waals surface area contributed by atoms with E-state index in [4.69, 9.17) is 0 Å². The van der Waals surface area contributed by atoms with Crippen LogP contribution in [0.1, 0.15) is 39.5 Å². The molecule has 2 aliphatic carbocycles. The van der Waals surface area contributed by atoms with Crippen molar-refractivity contribution in [3.63, 3.8) is 0 Å². The Hall–Kier alpha value is -0.0900. The SMILES string of the molecule is CC(C)CNCC1CC12CCCC2S(C)(=O)=O. The monoisotopic (exact) mass is 259 g/mol. The summed E-state index contributed by atoms with van der Waals surface area (Å²) >= 11 is 0. The molecule has 3 nitrogen and oxygen atoms in total. The third-order valence-corrected chi connectivity index (χ3v) is 6.23. The summed E-state index contributed by atoms with van der Waals surface area (Å²) < 4.78 is 23.6. The summed E-state index contributed by atoms with van der Waals surface area (Å²) in [5.41, 5.74) is 0.150. The number of nitrogens with one attached hydrogen (secondary N) is 1. The summed E-state index contributed by atoms with van der Waals surface area (Å²) in [6.45, 7) is 6.44. The smallest absolute Gasteiger partial charge is 0.150 e. The minimum absolute atomic E-state index is 0.0548. The highest BCUT2D eigenvalue weighted by Crippen LogP contribution is 2.64. The molecule has 2 rings (SSSR count). The Bertz CT molecular complexity index is 377. The quantitative estimate of drug-likeness (QED) is 0.819. The Balaban J connectivity index is 1.90. The lowest BCUT2D eigenvalue weighted by molar-refractivity contribution is 0.435. The Morgan fingerprint density at radius 2 is 2.12 bits per heavy atom. The van der Waals surface area contributed by atoms with Gasteiger partial charge in [-0.2, -0.15) is 0 Å². The van der Waals surface area contributed by atoms with Crippen molar-refractivity contribution in [3.05, 3.63) is 0 Å². The van der Waals surface area contributed by atoms with Crippen molar-refractivity contribution in [1.29, 1.82) is 0 Å². The lowest BCUT2D eigenvalue weighted by atomic mass is 10.0. The van der Waals surface area contributed by atoms with E-state index in [1.807, 2.05) is 0 Å². The molecule has 2 saturated carbocycles. The van der Waals surface area contributed by atoms with Crippen molar-refractivity contribution in [3.8, 4) is 0 Å². The molecule has 2 fully saturated rings. The van der Waals surface area contributed by atoms with Crippen LogP contribution in [0.2, 0.25) is 0 Å². The van der Waals surface area contributed by atoms with E-state index in [1.165, 1.54) is 6.26 Å². The number of sulfone groups is 1. The van der Waals surface area contributed by atoms with Crippen LogP contribution >= 0.6 is 0 Å². The molecule has 2 aliphatic rings. The predicted octanol–water partition coefficient (Wildman–Crippen LogP) is 1.84. The predicted molar refractivity (Wildman–Crippen MR) is 70.7 cm³/mol. The third-order valence-electron chi connectivity index (χ3n) is 4.49. The van der Waals surface area contributed by atoms with Crippen LogP contribution in [-0.2, 0) is 9.84 Å². The van der Waals surface area contributed by atoms with Crippen LogP contribution in [-0.4, -0.2) is 33.0 Å². The van der Waals surface area contributed by atoms with Gasteiger partial charge >= 0.3 is 0 Å². The van der Waals surface area contributed by atoms with E-state index >= 15 is 0 Å². The van der Waals surface area contributed by atoms with Crippen LogP contribution in [0.5, 0.6) is 0 Å². The molecule has 0 saturated heterocycles. The van der Waals surface area contributed by atoms with Gasteiger partial charge in [0.1, 0.15) is 0 Å². The fourth-order valence-corrected chi connectivity index (χ4v) is 5.48. The molecule has 0 bridgehead atoms. The van der Waals surface area contributed by atoms with Crippen molar-refractivity contribution in [2.24, 2.45) is 17.3 Å². The van der Waals surface area contributed by atoms with E-state index in [2.05, 4.69) is 19.2 Å². The zero-order chi connectivity index (χ0) is 12.7. The van der Waals surface area contributed by atoms with Gasteiger partial charge in [0.2, 0.25) is 0 Å². The number of hydrogen-bond donors (Lipinski definition) is 1. The Morgan fingerprint density at radius 3 is 2.71 bits per heavy atom. The number of rotatable bonds is 5. The molecule has 3 unspecified atom stereocenters. The Kier molecular flexibility index (Phi) is 3.56. The molecule has 1 N–H and O–H groups in total. The highest BCUT2D eigenvalue weighted by Gasteiger charge is 2.62. The first-order valence-electron chi connectivity index (χ1n) is 6.76. The molecule has 0 amide bonds. The van der Waals surface area contributed by atoms with Gasteiger partial charge in [-0.15, -0.1) is 0 Å². The standard InChI is InChI=1S/C13H25NO2S/c1-10(2)8-14-9-11-7-13(11)6-4-5-12(13)17(3,15)16/h10-12,14H,4-9H2,1-3H3. The van der Waals surface area contributed by atoms with Crippen molar-refractivity contribution < 1.29 is 8.42 Å². The van der Waals surface area contributed by atoms with Crippen molar-refractivity contribution in [1.82, 2.24) is 5.32 Å². The molecule has 100 valence electrons. The molecule has 1 spiro atoms. The van der Waals surface area contributed by atoms with Gasteiger partial charge in [-0.25, -0.2) is 8.42 Å². The van der Waals surface area contributed by atoms with Gasteiger partial charge < -0.3 is 5.32 Å². The highest BCUT2D eigenvalue weighted by atomic mass is 32.2. The Morgan fingerprint density at radius 1 is 1.41 bits per heavy atom. The molecular weight excluding hydrogens is 234 g/mol.